The molecule has 8 heteroatoms. The molecule has 1 aliphatic heterocycles. The third-order valence-corrected chi connectivity index (χ3v) is 7.38. The van der Waals surface area contributed by atoms with Crippen LogP contribution in [0.4, 0.5) is 5.69 Å². The number of thiocarbonyl (C=S) groups is 1. The van der Waals surface area contributed by atoms with E-state index in [2.05, 4.69) is 31.2 Å². The van der Waals surface area contributed by atoms with Gasteiger partial charge in [0.1, 0.15) is 5.75 Å². The highest BCUT2D eigenvalue weighted by molar-refractivity contribution is 7.80. The molecule has 0 spiro atoms. The molecule has 5 rings (SSSR count). The van der Waals surface area contributed by atoms with Gasteiger partial charge >= 0.3 is 0 Å². The van der Waals surface area contributed by atoms with E-state index in [-0.39, 0.29) is 30.2 Å². The highest BCUT2D eigenvalue weighted by Gasteiger charge is 2.41. The molecule has 1 fully saturated rings. The predicted molar refractivity (Wildman–Crippen MR) is 153 cm³/mol. The number of aromatic nitrogens is 2. The van der Waals surface area contributed by atoms with Crippen molar-refractivity contribution in [1.29, 1.82) is 0 Å². The second kappa shape index (κ2) is 10.7. The molecule has 38 heavy (non-hydrogen) atoms. The number of benzene rings is 2. The number of phenolic OH excluding ortho intramolecular Hbond substituents is 1. The van der Waals surface area contributed by atoms with Gasteiger partial charge in [-0.1, -0.05) is 35.9 Å². The highest BCUT2D eigenvalue weighted by Crippen LogP contribution is 2.42. The molecule has 3 N–H and O–H groups in total. The van der Waals surface area contributed by atoms with Crippen LogP contribution in [0.25, 0.3) is 5.69 Å². The van der Waals surface area contributed by atoms with Crippen LogP contribution < -0.4 is 10.6 Å². The van der Waals surface area contributed by atoms with E-state index in [0.717, 1.165) is 39.6 Å². The first kappa shape index (κ1) is 25.5. The number of carbonyl (C=O) groups is 1. The zero-order chi connectivity index (χ0) is 26.8. The van der Waals surface area contributed by atoms with Crippen molar-refractivity contribution in [2.75, 3.05) is 11.9 Å². The third kappa shape index (κ3) is 4.99. The Morgan fingerprint density at radius 2 is 1.79 bits per heavy atom. The molecule has 7 nitrogen and oxygen atoms in total. The minimum Gasteiger partial charge on any atom is -0.506 e. The fourth-order valence-electron chi connectivity index (χ4n) is 5.18. The lowest BCUT2D eigenvalue weighted by Gasteiger charge is -2.28. The molecule has 1 amide bonds. The van der Waals surface area contributed by atoms with Gasteiger partial charge < -0.3 is 25.2 Å². The topological polar surface area (TPSA) is 82.4 Å². The van der Waals surface area contributed by atoms with Gasteiger partial charge in [-0.3, -0.25) is 9.78 Å². The van der Waals surface area contributed by atoms with Crippen molar-refractivity contribution in [3.05, 3.63) is 107 Å². The average molecular weight is 526 g/mol. The second-order valence-electron chi connectivity index (χ2n) is 9.63. The molecule has 194 valence electrons. The van der Waals surface area contributed by atoms with Gasteiger partial charge in [0.2, 0.25) is 5.91 Å². The molecule has 1 aliphatic rings. The van der Waals surface area contributed by atoms with Crippen LogP contribution in [0.15, 0.2) is 79.0 Å². The number of carbonyl (C=O) groups excluding carboxylic acids is 1. The van der Waals surface area contributed by atoms with Crippen LogP contribution in [0.2, 0.25) is 0 Å². The van der Waals surface area contributed by atoms with Gasteiger partial charge in [0.25, 0.3) is 0 Å². The molecule has 2 aromatic heterocycles. The quantitative estimate of drug-likeness (QED) is 0.276. The number of rotatable bonds is 7. The van der Waals surface area contributed by atoms with E-state index >= 15 is 0 Å². The third-order valence-electron chi connectivity index (χ3n) is 7.02. The fourth-order valence-corrected chi connectivity index (χ4v) is 5.51. The van der Waals surface area contributed by atoms with Gasteiger partial charge in [-0.05, 0) is 81.0 Å². The van der Waals surface area contributed by atoms with Crippen LogP contribution in [0, 0.1) is 20.8 Å². The minimum absolute atomic E-state index is 0.0728. The Bertz CT molecular complexity index is 1470. The normalized spacial score (nSPS) is 16.9. The number of anilines is 1. The number of aryl methyl sites for hydroxylation is 2. The first-order valence-electron chi connectivity index (χ1n) is 12.7. The Hall–Kier alpha value is -4.17. The molecule has 2 aromatic carbocycles. The molecule has 4 aromatic rings. The maximum absolute atomic E-state index is 12.9. The largest absolute Gasteiger partial charge is 0.506 e. The molecule has 0 saturated carbocycles. The number of pyridine rings is 1. The Labute approximate surface area is 228 Å². The van der Waals surface area contributed by atoms with Gasteiger partial charge in [0.05, 0.1) is 23.5 Å². The van der Waals surface area contributed by atoms with Crippen molar-refractivity contribution in [1.82, 2.24) is 19.8 Å². The monoisotopic (exact) mass is 525 g/mol. The maximum atomic E-state index is 12.9. The van der Waals surface area contributed by atoms with Crippen LogP contribution in [0.5, 0.6) is 5.75 Å². The summed E-state index contributed by atoms with van der Waals surface area (Å²) in [7, 11) is 0. The van der Waals surface area contributed by atoms with Crippen molar-refractivity contribution in [2.24, 2.45) is 0 Å². The number of amides is 1. The van der Waals surface area contributed by atoms with E-state index in [1.54, 1.807) is 12.3 Å². The number of hydrogen-bond acceptors (Lipinski definition) is 4. The molecular formula is C30H31N5O2S. The molecule has 0 aliphatic carbocycles. The molecule has 1 saturated heterocycles. The van der Waals surface area contributed by atoms with E-state index in [0.29, 0.717) is 11.7 Å². The number of hydrogen-bond donors (Lipinski definition) is 3. The molecule has 2 unspecified atom stereocenters. The van der Waals surface area contributed by atoms with Crippen LogP contribution in [-0.2, 0) is 4.79 Å². The zero-order valence-electron chi connectivity index (χ0n) is 21.7. The number of nitrogens with zero attached hydrogens (tertiary/aromatic N) is 3. The van der Waals surface area contributed by atoms with Crippen LogP contribution in [-0.4, -0.2) is 37.1 Å². The summed E-state index contributed by atoms with van der Waals surface area (Å²) in [6.45, 7) is 6.53. The lowest BCUT2D eigenvalue weighted by atomic mass is 9.96. The molecule has 0 radical (unpaired) electrons. The van der Waals surface area contributed by atoms with Crippen molar-refractivity contribution in [2.45, 2.75) is 39.3 Å². The van der Waals surface area contributed by atoms with Crippen LogP contribution >= 0.6 is 12.2 Å². The van der Waals surface area contributed by atoms with Gasteiger partial charge in [-0.25, -0.2) is 0 Å². The fraction of sp³-hybridized carbons (Fsp3) is 0.233. The van der Waals surface area contributed by atoms with Crippen molar-refractivity contribution in [3.8, 4) is 11.4 Å². The van der Waals surface area contributed by atoms with Crippen LogP contribution in [0.1, 0.15) is 46.7 Å². The van der Waals surface area contributed by atoms with Crippen molar-refractivity contribution < 1.29 is 9.90 Å². The summed E-state index contributed by atoms with van der Waals surface area (Å²) in [6, 6.07) is 22.7. The first-order chi connectivity index (χ1) is 18.3. The summed E-state index contributed by atoms with van der Waals surface area (Å²) in [5, 5.41) is 17.6. The standard InChI is InChI=1S/C30H31N5O2S/c1-19-11-13-22(14-12-19)32-27(37)15-17-34-29(28(33-30(34)38)24-8-6-7-16-31-24)23-18-20(2)35(21(23)3)25-9-4-5-10-26(25)36/h4-14,16,18,28-29,36H,15,17H2,1-3H3,(H,32,37)(H,33,38). The van der Waals surface area contributed by atoms with Crippen LogP contribution in [0.3, 0.4) is 0 Å². The van der Waals surface area contributed by atoms with E-state index in [4.69, 9.17) is 12.2 Å². The average Bonchev–Trinajstić information content (AvgIpc) is 3.39. The Balaban J connectivity index is 1.47. The smallest absolute Gasteiger partial charge is 0.226 e. The molecule has 3 heterocycles. The summed E-state index contributed by atoms with van der Waals surface area (Å²) in [5.41, 5.74) is 6.56. The first-order valence-corrected chi connectivity index (χ1v) is 13.1. The second-order valence-corrected chi connectivity index (χ2v) is 10.0. The lowest BCUT2D eigenvalue weighted by Crippen LogP contribution is -2.32. The number of para-hydroxylation sites is 2. The van der Waals surface area contributed by atoms with Gasteiger partial charge in [-0.2, -0.15) is 0 Å². The Morgan fingerprint density at radius 1 is 1.05 bits per heavy atom. The summed E-state index contributed by atoms with van der Waals surface area (Å²) in [6.07, 6.45) is 2.05. The van der Waals surface area contributed by atoms with E-state index in [1.807, 2.05) is 81.4 Å². The summed E-state index contributed by atoms with van der Waals surface area (Å²) in [5.74, 6) is 0.142. The molecular weight excluding hydrogens is 494 g/mol. The predicted octanol–water partition coefficient (Wildman–Crippen LogP) is 5.50. The number of phenols is 1. The maximum Gasteiger partial charge on any atom is 0.226 e. The summed E-state index contributed by atoms with van der Waals surface area (Å²) < 4.78 is 2.06. The Kier molecular flexibility index (Phi) is 7.15. The van der Waals surface area contributed by atoms with E-state index in [1.165, 1.54) is 0 Å². The highest BCUT2D eigenvalue weighted by atomic mass is 32.1. The van der Waals surface area contributed by atoms with Gasteiger partial charge in [0, 0.05) is 36.2 Å². The number of nitrogens with one attached hydrogen (secondary N) is 2. The summed E-state index contributed by atoms with van der Waals surface area (Å²) in [4.78, 5) is 19.6. The lowest BCUT2D eigenvalue weighted by molar-refractivity contribution is -0.116. The molecule has 2 atom stereocenters. The minimum atomic E-state index is -0.192. The SMILES string of the molecule is Cc1ccc(NC(=O)CCN2C(=S)NC(c3ccccn3)C2c2cc(C)n(-c3ccccc3O)c2C)cc1. The van der Waals surface area contributed by atoms with E-state index in [9.17, 15) is 9.90 Å². The number of aromatic hydroxyl groups is 1. The van der Waals surface area contributed by atoms with Gasteiger partial charge in [0.15, 0.2) is 5.11 Å². The summed E-state index contributed by atoms with van der Waals surface area (Å²) >= 11 is 5.80. The van der Waals surface area contributed by atoms with Gasteiger partial charge in [-0.15, -0.1) is 0 Å². The van der Waals surface area contributed by atoms with Crippen molar-refractivity contribution in [3.63, 3.8) is 0 Å². The molecule has 0 bridgehead atoms. The van der Waals surface area contributed by atoms with Crippen molar-refractivity contribution >= 4 is 28.9 Å². The Morgan fingerprint density at radius 3 is 2.50 bits per heavy atom. The van der Waals surface area contributed by atoms with E-state index < -0.39 is 0 Å². The zero-order valence-corrected chi connectivity index (χ0v) is 22.5.